The molecule has 2 aromatic rings. The first-order chi connectivity index (χ1) is 11.6. The van der Waals surface area contributed by atoms with Crippen molar-refractivity contribution in [3.05, 3.63) is 58.7 Å². The Hall–Kier alpha value is -2.45. The van der Waals surface area contributed by atoms with Gasteiger partial charge in [-0.2, -0.15) is 0 Å². The average Bonchev–Trinajstić information content (AvgIpc) is 2.65. The predicted molar refractivity (Wildman–Crippen MR) is 95.9 cm³/mol. The van der Waals surface area contributed by atoms with Crippen molar-refractivity contribution in [2.24, 2.45) is 0 Å². The predicted octanol–water partition coefficient (Wildman–Crippen LogP) is 3.79. The summed E-state index contributed by atoms with van der Waals surface area (Å²) in [6.07, 6.45) is 0. The first kappa shape index (κ1) is 17.9. The summed E-state index contributed by atoms with van der Waals surface area (Å²) in [5, 5.41) is 0.753. The third-order valence-corrected chi connectivity index (χ3v) is 4.02. The molecule has 0 aliphatic rings. The molecule has 24 heavy (non-hydrogen) atoms. The minimum Gasteiger partial charge on any atom is -0.496 e. The Morgan fingerprint density at radius 2 is 1.75 bits per heavy atom. The number of carbonyl (C=O) groups excluding carboxylic acids is 1. The molecule has 0 spiro atoms. The van der Waals surface area contributed by atoms with E-state index in [9.17, 15) is 4.79 Å². The summed E-state index contributed by atoms with van der Waals surface area (Å²) in [6, 6.07) is 10.9. The van der Waals surface area contributed by atoms with Crippen molar-refractivity contribution in [3.63, 3.8) is 0 Å². The van der Waals surface area contributed by atoms with Gasteiger partial charge >= 0.3 is 5.97 Å². The van der Waals surface area contributed by atoms with E-state index in [-0.39, 0.29) is 0 Å². The van der Waals surface area contributed by atoms with Crippen LogP contribution in [0.15, 0.2) is 36.4 Å². The highest BCUT2D eigenvalue weighted by molar-refractivity contribution is 9.08. The van der Waals surface area contributed by atoms with E-state index in [0.717, 1.165) is 27.8 Å². The Labute approximate surface area is 149 Å². The molecular weight excluding hydrogens is 372 g/mol. The van der Waals surface area contributed by atoms with Gasteiger partial charge in [0.25, 0.3) is 0 Å². The van der Waals surface area contributed by atoms with E-state index >= 15 is 0 Å². The molecule has 0 N–H and O–H groups in total. The standard InChI is InChI=1S/C19H17BrO4/c1-22-17-11-14(12-20)5-8-15(17)7-4-13-6-9-16(19(21)24-3)18(10-13)23-2/h5-6,8-11H,12H2,1-3H3. The molecule has 0 aromatic heterocycles. The molecule has 2 aromatic carbocycles. The lowest BCUT2D eigenvalue weighted by Crippen LogP contribution is -2.04. The van der Waals surface area contributed by atoms with E-state index in [2.05, 4.69) is 27.8 Å². The maximum Gasteiger partial charge on any atom is 0.341 e. The smallest absolute Gasteiger partial charge is 0.341 e. The van der Waals surface area contributed by atoms with Crippen LogP contribution in [0.1, 0.15) is 27.0 Å². The van der Waals surface area contributed by atoms with Crippen molar-refractivity contribution in [2.45, 2.75) is 5.33 Å². The molecule has 0 aliphatic heterocycles. The molecule has 0 heterocycles. The summed E-state index contributed by atoms with van der Waals surface area (Å²) in [4.78, 5) is 11.7. The molecule has 5 heteroatoms. The zero-order valence-corrected chi connectivity index (χ0v) is 15.3. The Morgan fingerprint density at radius 1 is 1.00 bits per heavy atom. The Morgan fingerprint density at radius 3 is 2.38 bits per heavy atom. The fourth-order valence-corrected chi connectivity index (χ4v) is 2.46. The van der Waals surface area contributed by atoms with Crippen LogP contribution in [-0.2, 0) is 10.1 Å². The zero-order chi connectivity index (χ0) is 17.5. The number of hydrogen-bond donors (Lipinski definition) is 0. The summed E-state index contributed by atoms with van der Waals surface area (Å²) in [7, 11) is 4.45. The van der Waals surface area contributed by atoms with Crippen molar-refractivity contribution >= 4 is 21.9 Å². The van der Waals surface area contributed by atoms with E-state index in [1.54, 1.807) is 25.3 Å². The fourth-order valence-electron chi connectivity index (χ4n) is 2.11. The first-order valence-corrected chi connectivity index (χ1v) is 8.26. The molecule has 0 atom stereocenters. The number of halogens is 1. The maximum atomic E-state index is 11.7. The van der Waals surface area contributed by atoms with Crippen LogP contribution >= 0.6 is 15.9 Å². The van der Waals surface area contributed by atoms with Crippen molar-refractivity contribution in [2.75, 3.05) is 21.3 Å². The number of esters is 1. The lowest BCUT2D eigenvalue weighted by Gasteiger charge is -2.07. The number of hydrogen-bond acceptors (Lipinski definition) is 4. The van der Waals surface area contributed by atoms with Gasteiger partial charge in [-0.05, 0) is 35.9 Å². The van der Waals surface area contributed by atoms with Crippen molar-refractivity contribution in [3.8, 4) is 23.3 Å². The summed E-state index contributed by atoms with van der Waals surface area (Å²) >= 11 is 3.42. The normalized spacial score (nSPS) is 9.67. The Kier molecular flexibility index (Phi) is 6.28. The van der Waals surface area contributed by atoms with Gasteiger partial charge in [0, 0.05) is 10.9 Å². The van der Waals surface area contributed by atoms with Gasteiger partial charge in [-0.3, -0.25) is 0 Å². The molecule has 0 unspecified atom stereocenters. The van der Waals surface area contributed by atoms with Gasteiger partial charge in [0.15, 0.2) is 0 Å². The molecular formula is C19H17BrO4. The van der Waals surface area contributed by atoms with Crippen molar-refractivity contribution in [1.82, 2.24) is 0 Å². The molecule has 124 valence electrons. The van der Waals surface area contributed by atoms with E-state index in [1.807, 2.05) is 18.2 Å². The molecule has 4 nitrogen and oxygen atoms in total. The SMILES string of the molecule is COC(=O)c1ccc(C#Cc2ccc(CBr)cc2OC)cc1OC. The van der Waals surface area contributed by atoms with Gasteiger partial charge in [0.05, 0.1) is 26.9 Å². The second-order valence-corrected chi connectivity index (χ2v) is 5.39. The highest BCUT2D eigenvalue weighted by Crippen LogP contribution is 2.22. The minimum atomic E-state index is -0.446. The Balaban J connectivity index is 2.36. The third-order valence-electron chi connectivity index (χ3n) is 3.37. The molecule has 0 saturated heterocycles. The van der Waals surface area contributed by atoms with E-state index in [0.29, 0.717) is 11.3 Å². The third kappa shape index (κ3) is 4.09. The van der Waals surface area contributed by atoms with Crippen LogP contribution in [0.5, 0.6) is 11.5 Å². The van der Waals surface area contributed by atoms with E-state index in [1.165, 1.54) is 14.2 Å². The Bertz CT molecular complexity index is 803. The van der Waals surface area contributed by atoms with Crippen molar-refractivity contribution < 1.29 is 19.0 Å². The topological polar surface area (TPSA) is 44.8 Å². The highest BCUT2D eigenvalue weighted by Gasteiger charge is 2.12. The monoisotopic (exact) mass is 388 g/mol. The first-order valence-electron chi connectivity index (χ1n) is 7.14. The minimum absolute atomic E-state index is 0.366. The van der Waals surface area contributed by atoms with Crippen molar-refractivity contribution in [1.29, 1.82) is 0 Å². The molecule has 0 saturated carbocycles. The van der Waals surface area contributed by atoms with Crippen LogP contribution in [-0.4, -0.2) is 27.3 Å². The maximum absolute atomic E-state index is 11.7. The van der Waals surface area contributed by atoms with Gasteiger partial charge in [0.1, 0.15) is 17.1 Å². The lowest BCUT2D eigenvalue weighted by atomic mass is 10.1. The van der Waals surface area contributed by atoms with E-state index in [4.69, 9.17) is 14.2 Å². The molecule has 0 aliphatic carbocycles. The molecule has 0 radical (unpaired) electrons. The fraction of sp³-hybridized carbons (Fsp3) is 0.211. The number of alkyl halides is 1. The lowest BCUT2D eigenvalue weighted by molar-refractivity contribution is 0.0597. The number of ether oxygens (including phenoxy) is 3. The van der Waals surface area contributed by atoms with Gasteiger partial charge in [-0.15, -0.1) is 0 Å². The van der Waals surface area contributed by atoms with Crippen LogP contribution in [0.4, 0.5) is 0 Å². The number of benzene rings is 2. The van der Waals surface area contributed by atoms with Gasteiger partial charge in [-0.25, -0.2) is 4.79 Å². The summed E-state index contributed by atoms with van der Waals surface area (Å²) in [5.74, 6) is 6.84. The summed E-state index contributed by atoms with van der Waals surface area (Å²) in [5.41, 5.74) is 3.00. The molecule has 2 rings (SSSR count). The summed E-state index contributed by atoms with van der Waals surface area (Å²) in [6.45, 7) is 0. The van der Waals surface area contributed by atoms with E-state index < -0.39 is 5.97 Å². The van der Waals surface area contributed by atoms with Crippen LogP contribution in [0.2, 0.25) is 0 Å². The number of rotatable bonds is 4. The molecule has 0 fully saturated rings. The molecule has 0 amide bonds. The largest absolute Gasteiger partial charge is 0.496 e. The average molecular weight is 389 g/mol. The zero-order valence-electron chi connectivity index (χ0n) is 13.7. The second-order valence-electron chi connectivity index (χ2n) is 4.82. The van der Waals surface area contributed by atoms with Crippen LogP contribution in [0.3, 0.4) is 0 Å². The summed E-state index contributed by atoms with van der Waals surface area (Å²) < 4.78 is 15.3. The van der Waals surface area contributed by atoms with Gasteiger partial charge < -0.3 is 14.2 Å². The van der Waals surface area contributed by atoms with Gasteiger partial charge in [-0.1, -0.05) is 33.8 Å². The van der Waals surface area contributed by atoms with Crippen LogP contribution in [0, 0.1) is 11.8 Å². The second kappa shape index (κ2) is 8.42. The quantitative estimate of drug-likeness (QED) is 0.454. The highest BCUT2D eigenvalue weighted by atomic mass is 79.9. The van der Waals surface area contributed by atoms with Gasteiger partial charge in [0.2, 0.25) is 0 Å². The number of methoxy groups -OCH3 is 3. The van der Waals surface area contributed by atoms with Crippen LogP contribution in [0.25, 0.3) is 0 Å². The molecule has 0 bridgehead atoms. The number of carbonyl (C=O) groups is 1. The van der Waals surface area contributed by atoms with Crippen LogP contribution < -0.4 is 9.47 Å².